The SMILES string of the molecule is BrCC1CCC(c2ccc3ccccc3c2)O1. The quantitative estimate of drug-likeness (QED) is 0.742. The Hall–Kier alpha value is -0.860. The minimum atomic E-state index is 0.280. The summed E-state index contributed by atoms with van der Waals surface area (Å²) in [5, 5.41) is 3.54. The topological polar surface area (TPSA) is 9.23 Å². The van der Waals surface area contributed by atoms with Crippen molar-refractivity contribution in [1.82, 2.24) is 0 Å². The monoisotopic (exact) mass is 290 g/mol. The molecule has 0 aromatic heterocycles. The maximum atomic E-state index is 6.00. The molecule has 1 saturated heterocycles. The fourth-order valence-corrected chi connectivity index (χ4v) is 2.95. The molecule has 1 heterocycles. The third kappa shape index (κ3) is 2.24. The molecule has 17 heavy (non-hydrogen) atoms. The molecule has 1 nitrogen and oxygen atoms in total. The highest BCUT2D eigenvalue weighted by Gasteiger charge is 2.25. The van der Waals surface area contributed by atoms with E-state index in [0.717, 1.165) is 18.2 Å². The van der Waals surface area contributed by atoms with Gasteiger partial charge in [-0.25, -0.2) is 0 Å². The number of halogens is 1. The Morgan fingerprint density at radius 1 is 1.06 bits per heavy atom. The van der Waals surface area contributed by atoms with Gasteiger partial charge in [0.25, 0.3) is 0 Å². The van der Waals surface area contributed by atoms with Crippen molar-refractivity contribution in [2.45, 2.75) is 25.0 Å². The van der Waals surface area contributed by atoms with Gasteiger partial charge in [-0.3, -0.25) is 0 Å². The highest BCUT2D eigenvalue weighted by molar-refractivity contribution is 9.09. The minimum absolute atomic E-state index is 0.280. The molecule has 0 amide bonds. The number of benzene rings is 2. The molecule has 88 valence electrons. The molecule has 0 N–H and O–H groups in total. The van der Waals surface area contributed by atoms with Crippen LogP contribution in [0.3, 0.4) is 0 Å². The molecule has 1 aliphatic rings. The first-order valence-corrected chi connectivity index (χ1v) is 7.19. The lowest BCUT2D eigenvalue weighted by molar-refractivity contribution is 0.0589. The van der Waals surface area contributed by atoms with Crippen molar-refractivity contribution in [3.63, 3.8) is 0 Å². The average molecular weight is 291 g/mol. The second kappa shape index (κ2) is 4.79. The molecule has 2 atom stereocenters. The van der Waals surface area contributed by atoms with E-state index < -0.39 is 0 Å². The van der Waals surface area contributed by atoms with Crippen LogP contribution in [-0.4, -0.2) is 11.4 Å². The fourth-order valence-electron chi connectivity index (χ4n) is 2.47. The lowest BCUT2D eigenvalue weighted by atomic mass is 10.0. The van der Waals surface area contributed by atoms with Gasteiger partial charge in [-0.1, -0.05) is 52.3 Å². The summed E-state index contributed by atoms with van der Waals surface area (Å²) in [6.07, 6.45) is 2.95. The zero-order valence-electron chi connectivity index (χ0n) is 9.60. The van der Waals surface area contributed by atoms with Crippen molar-refractivity contribution in [2.75, 3.05) is 5.33 Å². The lowest BCUT2D eigenvalue weighted by Crippen LogP contribution is -2.07. The fraction of sp³-hybridized carbons (Fsp3) is 0.333. The first-order valence-electron chi connectivity index (χ1n) is 6.07. The largest absolute Gasteiger partial charge is 0.369 e. The van der Waals surface area contributed by atoms with E-state index in [0.29, 0.717) is 6.10 Å². The summed E-state index contributed by atoms with van der Waals surface area (Å²) in [5.41, 5.74) is 1.31. The van der Waals surface area contributed by atoms with Crippen molar-refractivity contribution in [3.05, 3.63) is 48.0 Å². The van der Waals surface area contributed by atoms with Gasteiger partial charge >= 0.3 is 0 Å². The Morgan fingerprint density at radius 2 is 1.88 bits per heavy atom. The van der Waals surface area contributed by atoms with Gasteiger partial charge in [0, 0.05) is 5.33 Å². The van der Waals surface area contributed by atoms with Crippen molar-refractivity contribution in [2.24, 2.45) is 0 Å². The Labute approximate surface area is 110 Å². The second-order valence-corrected chi connectivity index (χ2v) is 5.23. The van der Waals surface area contributed by atoms with Crippen LogP contribution in [0.1, 0.15) is 24.5 Å². The van der Waals surface area contributed by atoms with Crippen LogP contribution in [0.4, 0.5) is 0 Å². The van der Waals surface area contributed by atoms with Crippen LogP contribution in [-0.2, 0) is 4.74 Å². The molecule has 2 unspecified atom stereocenters. The molecular weight excluding hydrogens is 276 g/mol. The Kier molecular flexibility index (Phi) is 3.17. The zero-order valence-corrected chi connectivity index (χ0v) is 11.2. The van der Waals surface area contributed by atoms with Crippen molar-refractivity contribution in [1.29, 1.82) is 0 Å². The molecule has 2 heteroatoms. The third-order valence-corrected chi connectivity index (χ3v) is 4.15. The molecule has 2 aromatic carbocycles. The van der Waals surface area contributed by atoms with Crippen LogP contribution in [0.5, 0.6) is 0 Å². The van der Waals surface area contributed by atoms with Gasteiger partial charge in [-0.15, -0.1) is 0 Å². The Balaban J connectivity index is 1.91. The summed E-state index contributed by atoms with van der Waals surface area (Å²) >= 11 is 3.49. The van der Waals surface area contributed by atoms with Crippen LogP contribution in [0, 0.1) is 0 Å². The molecule has 0 bridgehead atoms. The maximum Gasteiger partial charge on any atom is 0.0830 e. The maximum absolute atomic E-state index is 6.00. The number of hydrogen-bond acceptors (Lipinski definition) is 1. The predicted molar refractivity (Wildman–Crippen MR) is 74.6 cm³/mol. The van der Waals surface area contributed by atoms with Crippen molar-refractivity contribution < 1.29 is 4.74 Å². The van der Waals surface area contributed by atoms with Gasteiger partial charge in [0.2, 0.25) is 0 Å². The van der Waals surface area contributed by atoms with Gasteiger partial charge in [-0.2, -0.15) is 0 Å². The summed E-state index contributed by atoms with van der Waals surface area (Å²) in [7, 11) is 0. The van der Waals surface area contributed by atoms with Crippen LogP contribution in [0.15, 0.2) is 42.5 Å². The smallest absolute Gasteiger partial charge is 0.0830 e. The number of alkyl halides is 1. The summed E-state index contributed by atoms with van der Waals surface area (Å²) in [4.78, 5) is 0. The normalized spacial score (nSPS) is 24.3. The first-order chi connectivity index (χ1) is 8.36. The van der Waals surface area contributed by atoms with Gasteiger partial charge < -0.3 is 4.74 Å². The number of rotatable bonds is 2. The molecule has 0 radical (unpaired) electrons. The average Bonchev–Trinajstić information content (AvgIpc) is 2.87. The van der Waals surface area contributed by atoms with Crippen LogP contribution >= 0.6 is 15.9 Å². The lowest BCUT2D eigenvalue weighted by Gasteiger charge is -2.13. The van der Waals surface area contributed by atoms with Crippen LogP contribution in [0.25, 0.3) is 10.8 Å². The third-order valence-electron chi connectivity index (χ3n) is 3.42. The van der Waals surface area contributed by atoms with Crippen LogP contribution < -0.4 is 0 Å². The van der Waals surface area contributed by atoms with Crippen molar-refractivity contribution in [3.8, 4) is 0 Å². The van der Waals surface area contributed by atoms with Crippen molar-refractivity contribution >= 4 is 26.7 Å². The summed E-state index contributed by atoms with van der Waals surface area (Å²) < 4.78 is 6.00. The first kappa shape index (κ1) is 11.2. The molecule has 0 aliphatic carbocycles. The van der Waals surface area contributed by atoms with E-state index in [-0.39, 0.29) is 6.10 Å². The van der Waals surface area contributed by atoms with E-state index in [4.69, 9.17) is 4.74 Å². The standard InChI is InChI=1S/C15H15BrO/c16-10-14-7-8-15(17-14)13-6-5-11-3-1-2-4-12(11)9-13/h1-6,9,14-15H,7-8,10H2. The van der Waals surface area contributed by atoms with Gasteiger partial charge in [0.1, 0.15) is 0 Å². The second-order valence-electron chi connectivity index (χ2n) is 4.58. The number of fused-ring (bicyclic) bond motifs is 1. The molecule has 2 aromatic rings. The predicted octanol–water partition coefficient (Wildman–Crippen LogP) is 4.45. The molecular formula is C15H15BrO. The number of ether oxygens (including phenoxy) is 1. The molecule has 1 aliphatic heterocycles. The molecule has 1 fully saturated rings. The Morgan fingerprint density at radius 3 is 2.65 bits per heavy atom. The number of hydrogen-bond donors (Lipinski definition) is 0. The molecule has 0 spiro atoms. The highest BCUT2D eigenvalue weighted by Crippen LogP contribution is 2.34. The van der Waals surface area contributed by atoms with E-state index >= 15 is 0 Å². The summed E-state index contributed by atoms with van der Waals surface area (Å²) in [5.74, 6) is 0. The highest BCUT2D eigenvalue weighted by atomic mass is 79.9. The van der Waals surface area contributed by atoms with E-state index in [1.807, 2.05) is 0 Å². The zero-order chi connectivity index (χ0) is 11.7. The minimum Gasteiger partial charge on any atom is -0.369 e. The van der Waals surface area contributed by atoms with E-state index in [1.165, 1.54) is 16.3 Å². The van der Waals surface area contributed by atoms with E-state index in [9.17, 15) is 0 Å². The van der Waals surface area contributed by atoms with Gasteiger partial charge in [-0.05, 0) is 35.2 Å². The molecule has 0 saturated carbocycles. The Bertz CT molecular complexity index is 523. The van der Waals surface area contributed by atoms with Crippen LogP contribution in [0.2, 0.25) is 0 Å². The van der Waals surface area contributed by atoms with Gasteiger partial charge in [0.15, 0.2) is 0 Å². The summed E-state index contributed by atoms with van der Waals surface area (Å²) in [6, 6.07) is 15.1. The summed E-state index contributed by atoms with van der Waals surface area (Å²) in [6.45, 7) is 0. The van der Waals surface area contributed by atoms with E-state index in [1.54, 1.807) is 0 Å². The van der Waals surface area contributed by atoms with Gasteiger partial charge in [0.05, 0.1) is 12.2 Å². The molecule has 3 rings (SSSR count). The van der Waals surface area contributed by atoms with E-state index in [2.05, 4.69) is 58.4 Å².